The van der Waals surface area contributed by atoms with E-state index in [0.717, 1.165) is 50.2 Å². The fourth-order valence-electron chi connectivity index (χ4n) is 13.0. The second kappa shape index (κ2) is 37.6. The molecule has 0 saturated carbocycles. The zero-order chi connectivity index (χ0) is 86.4. The highest BCUT2D eigenvalue weighted by Gasteiger charge is 2.21. The molecule has 0 radical (unpaired) electrons. The van der Waals surface area contributed by atoms with Crippen LogP contribution in [0.5, 0.6) is 23.0 Å². The number of pyridine rings is 7. The molecule has 29 nitrogen and oxygen atoms in total. The van der Waals surface area contributed by atoms with E-state index in [4.69, 9.17) is 41.5 Å². The lowest BCUT2D eigenvalue weighted by Gasteiger charge is -2.11. The van der Waals surface area contributed by atoms with Crippen LogP contribution in [0.4, 0.5) is 8.78 Å². The van der Waals surface area contributed by atoms with Crippen LogP contribution in [0.1, 0.15) is 132 Å². The Morgan fingerprint density at radius 2 is 0.820 bits per heavy atom. The predicted octanol–water partition coefficient (Wildman–Crippen LogP) is 16.6. The Balaban J connectivity index is 0.000000127. The molecule has 0 aliphatic rings. The fraction of sp³-hybridized carbons (Fsp3) is 0.100. The van der Waals surface area contributed by atoms with Crippen molar-refractivity contribution >= 4 is 92.1 Å². The van der Waals surface area contributed by atoms with Gasteiger partial charge in [-0.05, 0) is 193 Å². The molecule has 13 heterocycles. The number of rotatable bonds is 19. The van der Waals surface area contributed by atoms with Crippen molar-refractivity contribution in [3.05, 3.63) is 376 Å². The van der Waals surface area contributed by atoms with Gasteiger partial charge in [0.05, 0.1) is 30.9 Å². The maximum atomic E-state index is 13.6. The number of aromatic carboxylic acids is 6. The number of aliphatic hydroxyl groups is 2. The summed E-state index contributed by atoms with van der Waals surface area (Å²) in [6.07, 6.45) is 22.3. The number of nitrogens with zero attached hydrogens (tertiary/aromatic N) is 13. The molecule has 614 valence electrons. The first-order valence-electron chi connectivity index (χ1n) is 37.3. The van der Waals surface area contributed by atoms with Crippen LogP contribution < -0.4 is 9.47 Å². The molecule has 18 rings (SSSR count). The fourth-order valence-corrected chi connectivity index (χ4v) is 13.2. The average molecular weight is 1670 g/mol. The first-order valence-corrected chi connectivity index (χ1v) is 37.6. The number of aliphatic hydroxyl groups excluding tert-OH is 2. The van der Waals surface area contributed by atoms with Gasteiger partial charge in [-0.15, -0.1) is 0 Å². The van der Waals surface area contributed by atoms with Gasteiger partial charge in [0.2, 0.25) is 0 Å². The van der Waals surface area contributed by atoms with Gasteiger partial charge >= 0.3 is 35.8 Å². The second-order valence-electron chi connectivity index (χ2n) is 27.3. The number of carboxylic acid groups (broad SMARTS) is 6. The van der Waals surface area contributed by atoms with E-state index in [2.05, 4.69) is 34.9 Å². The van der Waals surface area contributed by atoms with Crippen molar-refractivity contribution in [2.24, 2.45) is 0 Å². The largest absolute Gasteiger partial charge is 0.477 e. The Morgan fingerprint density at radius 1 is 0.377 bits per heavy atom. The van der Waals surface area contributed by atoms with Crippen LogP contribution in [0, 0.1) is 25.5 Å². The van der Waals surface area contributed by atoms with Gasteiger partial charge in [-0.2, -0.15) is 0 Å². The van der Waals surface area contributed by atoms with E-state index in [1.54, 1.807) is 128 Å². The minimum atomic E-state index is -1.06. The summed E-state index contributed by atoms with van der Waals surface area (Å²) in [6.45, 7) is 4.98. The molecule has 0 aliphatic heterocycles. The Hall–Kier alpha value is -15.9. The van der Waals surface area contributed by atoms with Crippen molar-refractivity contribution in [1.29, 1.82) is 0 Å². The lowest BCUT2D eigenvalue weighted by molar-refractivity contribution is 0.0676. The molecule has 18 aromatic rings. The van der Waals surface area contributed by atoms with Crippen molar-refractivity contribution in [1.82, 2.24) is 61.3 Å². The van der Waals surface area contributed by atoms with Crippen LogP contribution in [0.3, 0.4) is 0 Å². The molecular weight excluding hydrogens is 1590 g/mol. The van der Waals surface area contributed by atoms with Gasteiger partial charge in [0.15, 0.2) is 22.8 Å². The van der Waals surface area contributed by atoms with E-state index in [9.17, 15) is 58.0 Å². The highest BCUT2D eigenvalue weighted by atomic mass is 35.5. The molecule has 32 heteroatoms. The Labute approximate surface area is 695 Å². The van der Waals surface area contributed by atoms with Crippen LogP contribution in [0.2, 0.25) is 5.02 Å². The van der Waals surface area contributed by atoms with E-state index < -0.39 is 59.7 Å². The molecule has 0 aliphatic carbocycles. The molecule has 0 saturated heterocycles. The molecule has 13 aromatic heterocycles. The van der Waals surface area contributed by atoms with E-state index in [0.29, 0.717) is 92.6 Å². The summed E-state index contributed by atoms with van der Waals surface area (Å²) in [6, 6.07) is 55.4. The van der Waals surface area contributed by atoms with Crippen LogP contribution in [0.25, 0.3) is 44.7 Å². The third-order valence-electron chi connectivity index (χ3n) is 19.3. The van der Waals surface area contributed by atoms with Crippen LogP contribution in [-0.2, 0) is 25.7 Å². The highest BCUT2D eigenvalue weighted by molar-refractivity contribution is 6.31. The van der Waals surface area contributed by atoms with Gasteiger partial charge in [0.1, 0.15) is 86.0 Å². The topological polar surface area (TPSA) is 399 Å². The van der Waals surface area contributed by atoms with Gasteiger partial charge in [0.25, 0.3) is 0 Å². The number of halogens is 3. The third-order valence-corrected chi connectivity index (χ3v) is 19.7. The minimum Gasteiger partial charge on any atom is -0.477 e. The van der Waals surface area contributed by atoms with Gasteiger partial charge in [-0.1, -0.05) is 90.5 Å². The van der Waals surface area contributed by atoms with Crippen LogP contribution in [-0.4, -0.2) is 138 Å². The molecule has 8 N–H and O–H groups in total. The summed E-state index contributed by atoms with van der Waals surface area (Å²) in [5.41, 5.74) is 10.2. The minimum absolute atomic E-state index is 0.0141. The summed E-state index contributed by atoms with van der Waals surface area (Å²) in [7, 11) is 0. The standard InChI is InChI=1S/C17H15ClN2O2.C17H14F2N2O2.C17H11N3O3.C15H12N2O3.C14H10N2O3.C10H10N2O3/c1-11-2-3-12(10-14(11)18)4-5-13-6-7-15-19-8-9-20(15)16(13)17(21)22;1-10-13(18)8-11(9-14(10)19)2-3-12-4-5-15-20-6-7-21(15)16(12)17(22)23;21-17(22)15-10-19-16-8-14(4-6-20(15)16)23-13-2-1-11-3-5-18-9-12(11)7-13;18-14(10-4-2-1-3-5-10)11-6-7-17-12(15(19)20)9-16-13(17)8-11;17-14(18)12-9-15-13-8-11(6-7-16(12)13)19-10-4-2-1-3-5-10;1-6(13)7-2-3-12-8(10(14)15)5-11-9(12)4-7/h2-3,6-10H,4-5H2,1H3,(H,21,22);4-9H,2-3H2,1H3,(H,22,23);1-10H,(H,21,22);1-9,14,18H,(H,19,20);1-9H,(H,17,18);2-6,13H,1H3,(H,14,15). The zero-order valence-corrected chi connectivity index (χ0v) is 65.5. The molecule has 0 fully saturated rings. The van der Waals surface area contributed by atoms with E-state index in [-0.39, 0.29) is 39.7 Å². The molecule has 122 heavy (non-hydrogen) atoms. The number of imidazole rings is 6. The number of hydrogen-bond donors (Lipinski definition) is 8. The predicted molar refractivity (Wildman–Crippen MR) is 444 cm³/mol. The number of carbonyl (C=O) groups is 6. The maximum absolute atomic E-state index is 13.6. The molecule has 2 atom stereocenters. The quantitative estimate of drug-likeness (QED) is 0.0373. The third kappa shape index (κ3) is 19.7. The monoisotopic (exact) mass is 1660 g/mol. The summed E-state index contributed by atoms with van der Waals surface area (Å²) in [5.74, 6) is -4.68. The summed E-state index contributed by atoms with van der Waals surface area (Å²) in [4.78, 5) is 95.3. The summed E-state index contributed by atoms with van der Waals surface area (Å²) >= 11 is 6.13. The number of ether oxygens (including phenoxy) is 2. The van der Waals surface area contributed by atoms with Gasteiger partial charge < -0.3 is 50.3 Å². The van der Waals surface area contributed by atoms with Crippen molar-refractivity contribution in [3.63, 3.8) is 0 Å². The summed E-state index contributed by atoms with van der Waals surface area (Å²) < 4.78 is 47.7. The van der Waals surface area contributed by atoms with Gasteiger partial charge in [-0.3, -0.25) is 31.4 Å². The number of fused-ring (bicyclic) bond motifs is 7. The smallest absolute Gasteiger partial charge is 0.354 e. The van der Waals surface area contributed by atoms with Crippen LogP contribution in [0.15, 0.2) is 275 Å². The first-order chi connectivity index (χ1) is 58.7. The van der Waals surface area contributed by atoms with Gasteiger partial charge in [-0.25, -0.2) is 67.5 Å². The number of aromatic nitrogens is 13. The molecular formula is C90H72ClF2N13O16. The Kier molecular flexibility index (Phi) is 25.9. The van der Waals surface area contributed by atoms with Gasteiger partial charge in [0, 0.05) is 90.1 Å². The normalized spacial score (nSPS) is 11.4. The van der Waals surface area contributed by atoms with Crippen molar-refractivity contribution in [3.8, 4) is 23.0 Å². The Morgan fingerprint density at radius 3 is 1.30 bits per heavy atom. The maximum Gasteiger partial charge on any atom is 0.354 e. The highest BCUT2D eigenvalue weighted by Crippen LogP contribution is 2.30. The lowest BCUT2D eigenvalue weighted by atomic mass is 10.0. The zero-order valence-electron chi connectivity index (χ0n) is 64.8. The summed E-state index contributed by atoms with van der Waals surface area (Å²) in [5, 5.41) is 77.3. The van der Waals surface area contributed by atoms with Crippen molar-refractivity contribution < 1.29 is 87.9 Å². The first kappa shape index (κ1) is 84.1. The molecule has 5 aromatic carbocycles. The SMILES string of the molecule is CC(O)c1ccn2c(C(=O)O)cnc2c1.Cc1c(F)cc(CCc2ccc3nccn3c2C(=O)O)cc1F.Cc1ccc(CCc2ccc3nccn3c2C(=O)O)cc1Cl.O=C(O)c1cnc2cc(C(O)c3ccccc3)ccn12.O=C(O)c1cnc2cc(Oc3ccc4ccncc4c3)ccn12.O=C(O)c1cnc2cc(Oc3ccccc3)ccn12. The molecule has 0 spiro atoms. The average Bonchev–Trinajstić information content (AvgIpc) is 1.50. The van der Waals surface area contributed by atoms with E-state index >= 15 is 0 Å². The number of hydrogen-bond acceptors (Lipinski definition) is 17. The molecule has 0 amide bonds. The van der Waals surface area contributed by atoms with E-state index in [1.165, 1.54) is 72.0 Å². The number of para-hydroxylation sites is 1. The number of aryl methyl sites for hydroxylation is 5. The molecule has 0 bridgehead atoms. The lowest BCUT2D eigenvalue weighted by Crippen LogP contribution is -2.10. The molecule has 2 unspecified atom stereocenters. The second-order valence-corrected chi connectivity index (χ2v) is 27.8. The van der Waals surface area contributed by atoms with Crippen LogP contribution >= 0.6 is 11.6 Å². The number of carboxylic acids is 6. The number of benzene rings is 5. The Bertz CT molecular complexity index is 6910. The van der Waals surface area contributed by atoms with E-state index in [1.807, 2.05) is 122 Å². The van der Waals surface area contributed by atoms with Crippen molar-refractivity contribution in [2.45, 2.75) is 58.7 Å². The van der Waals surface area contributed by atoms with Crippen molar-refractivity contribution in [2.75, 3.05) is 0 Å².